The average Bonchev–Trinajstić information content (AvgIpc) is 3.37. The first-order valence-electron chi connectivity index (χ1n) is 9.15. The molecule has 1 amide bonds. The molecule has 0 aliphatic carbocycles. The van der Waals surface area contributed by atoms with Crippen LogP contribution in [-0.2, 0) is 6.54 Å². The van der Waals surface area contributed by atoms with Gasteiger partial charge >= 0.3 is 0 Å². The quantitative estimate of drug-likeness (QED) is 0.627. The summed E-state index contributed by atoms with van der Waals surface area (Å²) in [5.74, 6) is 0.959. The number of rotatable bonds is 5. The Morgan fingerprint density at radius 1 is 1.18 bits per heavy atom. The van der Waals surface area contributed by atoms with Crippen molar-refractivity contribution in [3.63, 3.8) is 0 Å². The molecule has 4 nitrogen and oxygen atoms in total. The van der Waals surface area contributed by atoms with Crippen molar-refractivity contribution in [2.75, 3.05) is 17.6 Å². The number of aryl methyl sites for hydroxylation is 1. The van der Waals surface area contributed by atoms with Crippen molar-refractivity contribution >= 4 is 40.2 Å². The zero-order chi connectivity index (χ0) is 19.3. The maximum absolute atomic E-state index is 12.9. The molecule has 0 radical (unpaired) electrons. The molecule has 3 aromatic rings. The first-order chi connectivity index (χ1) is 13.7. The second kappa shape index (κ2) is 8.63. The third-order valence-corrected chi connectivity index (χ3v) is 6.29. The van der Waals surface area contributed by atoms with Crippen LogP contribution in [0.25, 0.3) is 6.08 Å². The monoisotopic (exact) mass is 407 g/mol. The Morgan fingerprint density at radius 2 is 1.96 bits per heavy atom. The molecule has 142 valence electrons. The number of nitrogens with one attached hydrogen (secondary N) is 1. The van der Waals surface area contributed by atoms with Gasteiger partial charge in [0, 0.05) is 29.8 Å². The highest BCUT2D eigenvalue weighted by atomic mass is 32.2. The molecule has 1 fully saturated rings. The van der Waals surface area contributed by atoms with Crippen molar-refractivity contribution in [3.05, 3.63) is 87.4 Å². The molecule has 0 saturated carbocycles. The van der Waals surface area contributed by atoms with Crippen molar-refractivity contribution in [2.24, 2.45) is 0 Å². The van der Waals surface area contributed by atoms with E-state index in [1.165, 1.54) is 5.56 Å². The van der Waals surface area contributed by atoms with Crippen LogP contribution in [0.15, 0.2) is 65.0 Å². The minimum absolute atomic E-state index is 0.0499. The van der Waals surface area contributed by atoms with Crippen LogP contribution >= 0.6 is 23.1 Å². The Bertz CT molecular complexity index is 981. The van der Waals surface area contributed by atoms with E-state index in [1.54, 1.807) is 23.1 Å². The number of hydrogen-bond acceptors (Lipinski definition) is 5. The first kappa shape index (κ1) is 18.8. The highest BCUT2D eigenvalue weighted by Gasteiger charge is 2.25. The minimum atomic E-state index is 0.0499. The molecule has 2 heterocycles. The van der Waals surface area contributed by atoms with E-state index in [-0.39, 0.29) is 5.91 Å². The van der Waals surface area contributed by atoms with E-state index in [2.05, 4.69) is 22.4 Å². The van der Waals surface area contributed by atoms with Crippen LogP contribution in [0.1, 0.15) is 27.2 Å². The molecular formula is C22H21N3OS2. The summed E-state index contributed by atoms with van der Waals surface area (Å²) < 4.78 is 0. The van der Waals surface area contributed by atoms with Gasteiger partial charge in [-0.2, -0.15) is 0 Å². The molecule has 0 atom stereocenters. The summed E-state index contributed by atoms with van der Waals surface area (Å²) in [6.45, 7) is 3.50. The van der Waals surface area contributed by atoms with Crippen LogP contribution in [0.5, 0.6) is 0 Å². The van der Waals surface area contributed by atoms with Gasteiger partial charge in [-0.15, -0.1) is 23.1 Å². The van der Waals surface area contributed by atoms with Crippen LogP contribution in [0.2, 0.25) is 0 Å². The minimum Gasteiger partial charge on any atom is -0.357 e. The van der Waals surface area contributed by atoms with Gasteiger partial charge in [-0.05, 0) is 30.7 Å². The summed E-state index contributed by atoms with van der Waals surface area (Å²) in [6, 6.07) is 18.0. The van der Waals surface area contributed by atoms with Crippen molar-refractivity contribution < 1.29 is 4.79 Å². The van der Waals surface area contributed by atoms with Crippen LogP contribution in [-0.4, -0.2) is 28.1 Å². The first-order valence-corrected chi connectivity index (χ1v) is 11.0. The SMILES string of the molecule is Cc1ccc(C(=O)N2CCS/C2=C/c2csc(NCc3ccccc3)n2)cc1. The molecule has 0 bridgehead atoms. The zero-order valence-corrected chi connectivity index (χ0v) is 17.2. The summed E-state index contributed by atoms with van der Waals surface area (Å²) in [5.41, 5.74) is 3.98. The molecule has 28 heavy (non-hydrogen) atoms. The van der Waals surface area contributed by atoms with Gasteiger partial charge in [0.1, 0.15) is 0 Å². The highest BCUT2D eigenvalue weighted by molar-refractivity contribution is 8.03. The van der Waals surface area contributed by atoms with Gasteiger partial charge in [-0.25, -0.2) is 4.98 Å². The van der Waals surface area contributed by atoms with Crippen LogP contribution in [0, 0.1) is 6.92 Å². The molecule has 0 spiro atoms. The summed E-state index contributed by atoms with van der Waals surface area (Å²) in [6.07, 6.45) is 2.01. The Kier molecular flexibility index (Phi) is 5.78. The lowest BCUT2D eigenvalue weighted by Crippen LogP contribution is -2.26. The van der Waals surface area contributed by atoms with Gasteiger partial charge < -0.3 is 10.2 Å². The van der Waals surface area contributed by atoms with Crippen molar-refractivity contribution in [2.45, 2.75) is 13.5 Å². The van der Waals surface area contributed by atoms with E-state index in [9.17, 15) is 4.79 Å². The molecular weight excluding hydrogens is 386 g/mol. The second-order valence-electron chi connectivity index (χ2n) is 6.57. The maximum Gasteiger partial charge on any atom is 0.258 e. The average molecular weight is 408 g/mol. The lowest BCUT2D eigenvalue weighted by atomic mass is 10.1. The number of carbonyl (C=O) groups excluding carboxylic acids is 1. The Morgan fingerprint density at radius 3 is 2.75 bits per heavy atom. The fourth-order valence-electron chi connectivity index (χ4n) is 2.94. The molecule has 1 saturated heterocycles. The molecule has 4 rings (SSSR count). The van der Waals surface area contributed by atoms with Crippen LogP contribution in [0.3, 0.4) is 0 Å². The number of carbonyl (C=O) groups is 1. The molecule has 6 heteroatoms. The molecule has 2 aromatic carbocycles. The Labute approximate surface area is 173 Å². The number of benzene rings is 2. The number of nitrogens with zero attached hydrogens (tertiary/aromatic N) is 2. The normalized spacial score (nSPS) is 15.2. The van der Waals surface area contributed by atoms with E-state index in [0.717, 1.165) is 45.8 Å². The number of anilines is 1. The predicted molar refractivity (Wildman–Crippen MR) is 119 cm³/mol. The molecule has 1 aromatic heterocycles. The molecule has 0 unspecified atom stereocenters. The largest absolute Gasteiger partial charge is 0.357 e. The lowest BCUT2D eigenvalue weighted by molar-refractivity contribution is 0.0831. The van der Waals surface area contributed by atoms with Crippen LogP contribution in [0.4, 0.5) is 5.13 Å². The number of hydrogen-bond donors (Lipinski definition) is 1. The van der Waals surface area contributed by atoms with Gasteiger partial charge in [0.05, 0.1) is 10.7 Å². The van der Waals surface area contributed by atoms with E-state index in [4.69, 9.17) is 0 Å². The third-order valence-electron chi connectivity index (χ3n) is 4.45. The van der Waals surface area contributed by atoms with Crippen LogP contribution < -0.4 is 5.32 Å². The van der Waals surface area contributed by atoms with Crippen molar-refractivity contribution in [3.8, 4) is 0 Å². The number of thioether (sulfide) groups is 1. The highest BCUT2D eigenvalue weighted by Crippen LogP contribution is 2.32. The van der Waals surface area contributed by atoms with E-state index in [1.807, 2.05) is 65.7 Å². The number of amides is 1. The number of thiazole rings is 1. The topological polar surface area (TPSA) is 45.2 Å². The maximum atomic E-state index is 12.9. The van der Waals surface area contributed by atoms with Gasteiger partial charge in [-0.3, -0.25) is 4.79 Å². The summed E-state index contributed by atoms with van der Waals surface area (Å²) in [4.78, 5) is 19.4. The summed E-state index contributed by atoms with van der Waals surface area (Å²) in [5, 5.41) is 7.23. The lowest BCUT2D eigenvalue weighted by Gasteiger charge is -2.17. The Hall–Kier alpha value is -2.57. The van der Waals surface area contributed by atoms with Crippen molar-refractivity contribution in [1.82, 2.24) is 9.88 Å². The van der Waals surface area contributed by atoms with E-state index < -0.39 is 0 Å². The summed E-state index contributed by atoms with van der Waals surface area (Å²) >= 11 is 3.28. The molecule has 1 aliphatic heterocycles. The fraction of sp³-hybridized carbons (Fsp3) is 0.182. The third kappa shape index (κ3) is 4.46. The van der Waals surface area contributed by atoms with Gasteiger partial charge in [0.25, 0.3) is 5.91 Å². The van der Waals surface area contributed by atoms with Crippen molar-refractivity contribution in [1.29, 1.82) is 0 Å². The van der Waals surface area contributed by atoms with Gasteiger partial charge in [0.15, 0.2) is 5.13 Å². The fourth-order valence-corrected chi connectivity index (χ4v) is 4.62. The smallest absolute Gasteiger partial charge is 0.258 e. The standard InChI is InChI=1S/C22H21N3OS2/c1-16-7-9-18(10-8-16)21(26)25-11-12-27-20(25)13-19-15-28-22(24-19)23-14-17-5-3-2-4-6-17/h2-10,13,15H,11-12,14H2,1H3,(H,23,24)/b20-13+. The second-order valence-corrected chi connectivity index (χ2v) is 8.54. The van der Waals surface area contributed by atoms with E-state index >= 15 is 0 Å². The predicted octanol–water partition coefficient (Wildman–Crippen LogP) is 5.25. The zero-order valence-electron chi connectivity index (χ0n) is 15.6. The molecule has 1 N–H and O–H groups in total. The Balaban J connectivity index is 1.45. The number of aromatic nitrogens is 1. The summed E-state index contributed by atoms with van der Waals surface area (Å²) in [7, 11) is 0. The van der Waals surface area contributed by atoms with Gasteiger partial charge in [-0.1, -0.05) is 48.0 Å². The van der Waals surface area contributed by atoms with E-state index in [0.29, 0.717) is 0 Å². The van der Waals surface area contributed by atoms with Gasteiger partial charge in [0.2, 0.25) is 0 Å². The molecule has 1 aliphatic rings.